The van der Waals surface area contributed by atoms with Gasteiger partial charge in [0.25, 0.3) is 5.91 Å². The molecule has 0 spiro atoms. The lowest BCUT2D eigenvalue weighted by atomic mass is 10.1. The monoisotopic (exact) mass is 488 g/mol. The Balaban J connectivity index is 1.55. The van der Waals surface area contributed by atoms with Crippen LogP contribution in [0.25, 0.3) is 10.4 Å². The van der Waals surface area contributed by atoms with Crippen LogP contribution in [-0.2, 0) is 10.0 Å². The van der Waals surface area contributed by atoms with E-state index in [-0.39, 0.29) is 16.3 Å². The SMILES string of the molecule is CCN(CC)S(=O)(=O)c1ccc(O)c(NC(=O)c2ccc(-c3ccc4c(c3)OCCO4)s2)c1. The van der Waals surface area contributed by atoms with E-state index in [1.165, 1.54) is 33.8 Å². The van der Waals surface area contributed by atoms with Gasteiger partial charge in [-0.1, -0.05) is 13.8 Å². The Bertz CT molecular complexity index is 1280. The number of aromatic hydroxyl groups is 1. The number of sulfonamides is 1. The maximum atomic E-state index is 12.8. The third-order valence-corrected chi connectivity index (χ3v) is 8.39. The number of nitrogens with one attached hydrogen (secondary N) is 1. The van der Waals surface area contributed by atoms with Crippen LogP contribution in [0.3, 0.4) is 0 Å². The van der Waals surface area contributed by atoms with E-state index in [1.807, 2.05) is 24.3 Å². The molecule has 174 valence electrons. The van der Waals surface area contributed by atoms with Crippen molar-refractivity contribution in [3.05, 3.63) is 53.4 Å². The highest BCUT2D eigenvalue weighted by atomic mass is 32.2. The maximum absolute atomic E-state index is 12.8. The summed E-state index contributed by atoms with van der Waals surface area (Å²) in [5.74, 6) is 0.686. The number of amides is 1. The van der Waals surface area contributed by atoms with Crippen LogP contribution < -0.4 is 14.8 Å². The minimum Gasteiger partial charge on any atom is -0.506 e. The first-order valence-corrected chi connectivity index (χ1v) is 12.7. The van der Waals surface area contributed by atoms with Crippen molar-refractivity contribution in [3.8, 4) is 27.7 Å². The van der Waals surface area contributed by atoms with Crippen LogP contribution in [0.4, 0.5) is 5.69 Å². The van der Waals surface area contributed by atoms with Crippen LogP contribution in [0, 0.1) is 0 Å². The molecule has 4 rings (SSSR count). The standard InChI is InChI=1S/C23H24N2O6S2/c1-3-25(4-2)33(28,29)16-6-7-18(26)17(14-16)24-23(27)22-10-9-21(32-22)15-5-8-19-20(13-15)31-12-11-30-19/h5-10,13-14,26H,3-4,11-12H2,1-2H3,(H,24,27). The molecule has 0 saturated carbocycles. The first kappa shape index (κ1) is 23.1. The summed E-state index contributed by atoms with van der Waals surface area (Å²) in [5.41, 5.74) is 0.918. The molecule has 2 aromatic carbocycles. The van der Waals surface area contributed by atoms with E-state index in [0.29, 0.717) is 42.7 Å². The number of fused-ring (bicyclic) bond motifs is 1. The molecule has 0 saturated heterocycles. The molecule has 1 amide bonds. The zero-order valence-corrected chi connectivity index (χ0v) is 19.8. The molecule has 2 N–H and O–H groups in total. The second-order valence-corrected chi connectivity index (χ2v) is 10.3. The zero-order valence-electron chi connectivity index (χ0n) is 18.2. The van der Waals surface area contributed by atoms with Crippen molar-refractivity contribution in [3.63, 3.8) is 0 Å². The predicted octanol–water partition coefficient (Wildman–Crippen LogP) is 4.17. The number of ether oxygens (including phenoxy) is 2. The van der Waals surface area contributed by atoms with Gasteiger partial charge in [0.1, 0.15) is 19.0 Å². The van der Waals surface area contributed by atoms with Crippen LogP contribution in [0.5, 0.6) is 17.2 Å². The van der Waals surface area contributed by atoms with Gasteiger partial charge in [0, 0.05) is 18.0 Å². The van der Waals surface area contributed by atoms with Gasteiger partial charge in [-0.15, -0.1) is 11.3 Å². The van der Waals surface area contributed by atoms with Crippen LogP contribution >= 0.6 is 11.3 Å². The number of nitrogens with zero attached hydrogens (tertiary/aromatic N) is 1. The van der Waals surface area contributed by atoms with Gasteiger partial charge in [0.2, 0.25) is 10.0 Å². The summed E-state index contributed by atoms with van der Waals surface area (Å²) in [5, 5.41) is 12.8. The summed E-state index contributed by atoms with van der Waals surface area (Å²) in [7, 11) is -3.73. The number of hydrogen-bond acceptors (Lipinski definition) is 7. The summed E-state index contributed by atoms with van der Waals surface area (Å²) in [6.07, 6.45) is 0. The van der Waals surface area contributed by atoms with E-state index in [9.17, 15) is 18.3 Å². The summed E-state index contributed by atoms with van der Waals surface area (Å²) in [6, 6.07) is 13.0. The van der Waals surface area contributed by atoms with Gasteiger partial charge >= 0.3 is 0 Å². The van der Waals surface area contributed by atoms with E-state index < -0.39 is 15.9 Å². The van der Waals surface area contributed by atoms with E-state index >= 15 is 0 Å². The lowest BCUT2D eigenvalue weighted by Crippen LogP contribution is -2.30. The second-order valence-electron chi connectivity index (χ2n) is 7.24. The molecule has 1 aliphatic rings. The average Bonchev–Trinajstić information content (AvgIpc) is 3.31. The van der Waals surface area contributed by atoms with Crippen molar-refractivity contribution >= 4 is 33.0 Å². The molecule has 0 fully saturated rings. The minimum atomic E-state index is -3.73. The van der Waals surface area contributed by atoms with Crippen molar-refractivity contribution < 1.29 is 27.8 Å². The highest BCUT2D eigenvalue weighted by molar-refractivity contribution is 7.89. The summed E-state index contributed by atoms with van der Waals surface area (Å²) in [4.78, 5) is 14.1. The Labute approximate surface area is 196 Å². The summed E-state index contributed by atoms with van der Waals surface area (Å²) < 4.78 is 38.1. The number of benzene rings is 2. The zero-order chi connectivity index (χ0) is 23.6. The van der Waals surface area contributed by atoms with Gasteiger partial charge in [-0.3, -0.25) is 4.79 Å². The van der Waals surface area contributed by atoms with Crippen molar-refractivity contribution in [2.24, 2.45) is 0 Å². The van der Waals surface area contributed by atoms with Crippen LogP contribution in [0.15, 0.2) is 53.4 Å². The molecule has 0 atom stereocenters. The Hall–Kier alpha value is -3.08. The topological polar surface area (TPSA) is 105 Å². The molecule has 0 unspecified atom stereocenters. The van der Waals surface area contributed by atoms with Crippen molar-refractivity contribution in [2.45, 2.75) is 18.7 Å². The van der Waals surface area contributed by atoms with Gasteiger partial charge in [0.05, 0.1) is 15.5 Å². The first-order valence-electron chi connectivity index (χ1n) is 10.5. The van der Waals surface area contributed by atoms with Gasteiger partial charge in [-0.25, -0.2) is 8.42 Å². The Morgan fingerprint density at radius 1 is 1.03 bits per heavy atom. The van der Waals surface area contributed by atoms with Crippen molar-refractivity contribution in [1.29, 1.82) is 0 Å². The lowest BCUT2D eigenvalue weighted by Gasteiger charge is -2.19. The largest absolute Gasteiger partial charge is 0.506 e. The molecule has 33 heavy (non-hydrogen) atoms. The van der Waals surface area contributed by atoms with Crippen molar-refractivity contribution in [2.75, 3.05) is 31.6 Å². The molecule has 1 aromatic heterocycles. The molecule has 8 nitrogen and oxygen atoms in total. The van der Waals surface area contributed by atoms with E-state index in [1.54, 1.807) is 19.9 Å². The highest BCUT2D eigenvalue weighted by Crippen LogP contribution is 2.37. The van der Waals surface area contributed by atoms with Crippen LogP contribution in [-0.4, -0.2) is 50.0 Å². The number of rotatable bonds is 7. The maximum Gasteiger partial charge on any atom is 0.265 e. The molecule has 0 aliphatic carbocycles. The van der Waals surface area contributed by atoms with Gasteiger partial charge in [-0.2, -0.15) is 4.31 Å². The highest BCUT2D eigenvalue weighted by Gasteiger charge is 2.23. The van der Waals surface area contributed by atoms with Gasteiger partial charge in [0.15, 0.2) is 11.5 Å². The Kier molecular flexibility index (Phi) is 6.59. The number of phenols is 1. The number of carbonyl (C=O) groups is 1. The predicted molar refractivity (Wildman–Crippen MR) is 127 cm³/mol. The van der Waals surface area contributed by atoms with Gasteiger partial charge < -0.3 is 19.9 Å². The molecule has 1 aliphatic heterocycles. The van der Waals surface area contributed by atoms with E-state index in [0.717, 1.165) is 10.4 Å². The third-order valence-electron chi connectivity index (χ3n) is 5.22. The number of hydrogen-bond donors (Lipinski definition) is 2. The number of thiophene rings is 1. The summed E-state index contributed by atoms with van der Waals surface area (Å²) in [6.45, 7) is 5.14. The van der Waals surface area contributed by atoms with Crippen LogP contribution in [0.2, 0.25) is 0 Å². The molecular formula is C23H24N2O6S2. The molecular weight excluding hydrogens is 464 g/mol. The lowest BCUT2D eigenvalue weighted by molar-refractivity contribution is 0.103. The number of anilines is 1. The van der Waals surface area contributed by atoms with Crippen LogP contribution in [0.1, 0.15) is 23.5 Å². The molecule has 0 bridgehead atoms. The molecule has 10 heteroatoms. The molecule has 3 aromatic rings. The molecule has 2 heterocycles. The fourth-order valence-electron chi connectivity index (χ4n) is 3.48. The Morgan fingerprint density at radius 2 is 1.76 bits per heavy atom. The summed E-state index contributed by atoms with van der Waals surface area (Å²) >= 11 is 1.28. The average molecular weight is 489 g/mol. The number of carbonyl (C=O) groups excluding carboxylic acids is 1. The second kappa shape index (κ2) is 9.42. The molecule has 0 radical (unpaired) electrons. The normalized spacial score (nSPS) is 13.2. The van der Waals surface area contributed by atoms with Crippen molar-refractivity contribution in [1.82, 2.24) is 4.31 Å². The fraction of sp³-hybridized carbons (Fsp3) is 0.261. The van der Waals surface area contributed by atoms with E-state index in [4.69, 9.17) is 9.47 Å². The quantitative estimate of drug-likeness (QED) is 0.484. The minimum absolute atomic E-state index is 0.00227. The smallest absolute Gasteiger partial charge is 0.265 e. The van der Waals surface area contributed by atoms with Gasteiger partial charge in [-0.05, 0) is 54.1 Å². The fourth-order valence-corrected chi connectivity index (χ4v) is 5.87. The third kappa shape index (κ3) is 4.68. The Morgan fingerprint density at radius 3 is 2.48 bits per heavy atom. The first-order chi connectivity index (χ1) is 15.8. The number of phenolic OH excluding ortho intramolecular Hbond substituents is 1. The van der Waals surface area contributed by atoms with E-state index in [2.05, 4.69) is 5.32 Å².